The monoisotopic (exact) mass is 238 g/mol. The quantitative estimate of drug-likeness (QED) is 0.798. The molecule has 0 aliphatic carbocycles. The van der Waals surface area contributed by atoms with Gasteiger partial charge in [-0.25, -0.2) is 0 Å². The van der Waals surface area contributed by atoms with Gasteiger partial charge < -0.3 is 20.5 Å². The van der Waals surface area contributed by atoms with Crippen molar-refractivity contribution >= 4 is 5.69 Å². The largest absolute Gasteiger partial charge is 0.497 e. The van der Waals surface area contributed by atoms with Crippen LogP contribution >= 0.6 is 0 Å². The van der Waals surface area contributed by atoms with E-state index >= 15 is 0 Å². The Morgan fingerprint density at radius 2 is 1.94 bits per heavy atom. The lowest BCUT2D eigenvalue weighted by Gasteiger charge is -2.19. The molecular weight excluding hydrogens is 216 g/mol. The van der Waals surface area contributed by atoms with Gasteiger partial charge in [-0.3, -0.25) is 0 Å². The van der Waals surface area contributed by atoms with Crippen LogP contribution in [0.3, 0.4) is 0 Å². The van der Waals surface area contributed by atoms with E-state index in [9.17, 15) is 0 Å². The molecule has 0 heterocycles. The fourth-order valence-corrected chi connectivity index (χ4v) is 1.46. The average molecular weight is 238 g/mol. The molecule has 1 aromatic rings. The summed E-state index contributed by atoms with van der Waals surface area (Å²) < 4.78 is 10.4. The fraction of sp³-hybridized carbons (Fsp3) is 0.538. The summed E-state index contributed by atoms with van der Waals surface area (Å²) in [6.07, 6.45) is 0.891. The molecular formula is C13H22N2O2. The number of methoxy groups -OCH3 is 2. The first-order chi connectivity index (χ1) is 7.96. The molecule has 0 bridgehead atoms. The number of rotatable bonds is 6. The summed E-state index contributed by atoms with van der Waals surface area (Å²) in [5.41, 5.74) is 6.72. The van der Waals surface area contributed by atoms with Crippen LogP contribution in [0.2, 0.25) is 0 Å². The van der Waals surface area contributed by atoms with Gasteiger partial charge in [0.15, 0.2) is 0 Å². The first-order valence-electron chi connectivity index (χ1n) is 5.71. The Hall–Kier alpha value is -1.42. The first-order valence-corrected chi connectivity index (χ1v) is 5.71. The van der Waals surface area contributed by atoms with E-state index in [0.717, 1.165) is 30.2 Å². The smallest absolute Gasteiger partial charge is 0.145 e. The van der Waals surface area contributed by atoms with Gasteiger partial charge in [0.05, 0.1) is 19.9 Å². The molecule has 1 rings (SSSR count). The van der Waals surface area contributed by atoms with Crippen molar-refractivity contribution in [3.63, 3.8) is 0 Å². The van der Waals surface area contributed by atoms with E-state index in [1.165, 1.54) is 0 Å². The summed E-state index contributed by atoms with van der Waals surface area (Å²) in [5.74, 6) is 1.56. The lowest BCUT2D eigenvalue weighted by molar-refractivity contribution is 0.395. The van der Waals surface area contributed by atoms with Crippen molar-refractivity contribution in [2.75, 3.05) is 26.1 Å². The lowest BCUT2D eigenvalue weighted by atomic mass is 10.0. The number of ether oxygens (including phenoxy) is 2. The predicted octanol–water partition coefficient (Wildman–Crippen LogP) is 2.24. The van der Waals surface area contributed by atoms with Gasteiger partial charge in [-0.2, -0.15) is 0 Å². The van der Waals surface area contributed by atoms with Crippen LogP contribution in [0.4, 0.5) is 5.69 Å². The highest BCUT2D eigenvalue weighted by molar-refractivity contribution is 5.59. The third kappa shape index (κ3) is 4.53. The maximum atomic E-state index is 5.92. The summed E-state index contributed by atoms with van der Waals surface area (Å²) in [4.78, 5) is 0. The zero-order valence-electron chi connectivity index (χ0n) is 11.0. The summed E-state index contributed by atoms with van der Waals surface area (Å²) >= 11 is 0. The van der Waals surface area contributed by atoms with Crippen LogP contribution in [0.1, 0.15) is 20.3 Å². The number of hydrogen-bond donors (Lipinski definition) is 2. The van der Waals surface area contributed by atoms with Crippen molar-refractivity contribution in [2.24, 2.45) is 5.73 Å². The Kier molecular flexibility index (Phi) is 4.63. The van der Waals surface area contributed by atoms with E-state index in [2.05, 4.69) is 5.32 Å². The molecule has 96 valence electrons. The van der Waals surface area contributed by atoms with Crippen LogP contribution in [0, 0.1) is 0 Å². The van der Waals surface area contributed by atoms with Crippen molar-refractivity contribution < 1.29 is 9.47 Å². The minimum absolute atomic E-state index is 0.160. The molecule has 0 aliphatic rings. The highest BCUT2D eigenvalue weighted by Gasteiger charge is 2.10. The van der Waals surface area contributed by atoms with Gasteiger partial charge >= 0.3 is 0 Å². The van der Waals surface area contributed by atoms with Gasteiger partial charge in [0.1, 0.15) is 11.5 Å². The third-order valence-electron chi connectivity index (χ3n) is 2.49. The fourth-order valence-electron chi connectivity index (χ4n) is 1.46. The van der Waals surface area contributed by atoms with E-state index in [-0.39, 0.29) is 5.54 Å². The topological polar surface area (TPSA) is 56.5 Å². The van der Waals surface area contributed by atoms with Crippen LogP contribution in [0.25, 0.3) is 0 Å². The van der Waals surface area contributed by atoms with E-state index in [1.54, 1.807) is 14.2 Å². The Bertz CT molecular complexity index is 359. The van der Waals surface area contributed by atoms with Crippen molar-refractivity contribution in [3.8, 4) is 11.5 Å². The zero-order valence-corrected chi connectivity index (χ0v) is 11.0. The molecule has 4 heteroatoms. The van der Waals surface area contributed by atoms with Crippen molar-refractivity contribution in [1.82, 2.24) is 0 Å². The number of nitrogens with one attached hydrogen (secondary N) is 1. The molecule has 0 unspecified atom stereocenters. The van der Waals surface area contributed by atoms with Gasteiger partial charge in [-0.15, -0.1) is 0 Å². The maximum absolute atomic E-state index is 5.92. The summed E-state index contributed by atoms with van der Waals surface area (Å²) in [6, 6.07) is 5.70. The van der Waals surface area contributed by atoms with E-state index in [4.69, 9.17) is 15.2 Å². The minimum Gasteiger partial charge on any atom is -0.497 e. The van der Waals surface area contributed by atoms with Crippen molar-refractivity contribution in [1.29, 1.82) is 0 Å². The molecule has 0 atom stereocenters. The van der Waals surface area contributed by atoms with Crippen LogP contribution in [-0.4, -0.2) is 26.3 Å². The van der Waals surface area contributed by atoms with E-state index in [1.807, 2.05) is 32.0 Å². The number of benzene rings is 1. The molecule has 0 saturated carbocycles. The molecule has 0 radical (unpaired) electrons. The molecule has 0 aromatic heterocycles. The van der Waals surface area contributed by atoms with Crippen LogP contribution in [-0.2, 0) is 0 Å². The summed E-state index contributed by atoms with van der Waals surface area (Å²) in [7, 11) is 3.28. The van der Waals surface area contributed by atoms with Crippen molar-refractivity contribution in [3.05, 3.63) is 18.2 Å². The van der Waals surface area contributed by atoms with Gasteiger partial charge in [-0.1, -0.05) is 0 Å². The Labute approximate surface area is 103 Å². The number of hydrogen-bond acceptors (Lipinski definition) is 4. The second-order valence-electron chi connectivity index (χ2n) is 4.73. The molecule has 0 amide bonds. The summed E-state index contributed by atoms with van der Waals surface area (Å²) in [5, 5.41) is 3.31. The molecule has 0 aliphatic heterocycles. The molecule has 0 saturated heterocycles. The van der Waals surface area contributed by atoms with Crippen LogP contribution < -0.4 is 20.5 Å². The number of anilines is 1. The standard InChI is InChI=1S/C13H22N2O2/c1-13(2,14)7-8-15-11-6-5-10(16-3)9-12(11)17-4/h5-6,9,15H,7-8,14H2,1-4H3. The average Bonchev–Trinajstić information content (AvgIpc) is 2.27. The highest BCUT2D eigenvalue weighted by Crippen LogP contribution is 2.29. The van der Waals surface area contributed by atoms with Gasteiger partial charge in [0.25, 0.3) is 0 Å². The highest BCUT2D eigenvalue weighted by atomic mass is 16.5. The molecule has 3 N–H and O–H groups in total. The zero-order chi connectivity index (χ0) is 12.9. The van der Waals surface area contributed by atoms with E-state index in [0.29, 0.717) is 0 Å². The molecule has 1 aromatic carbocycles. The van der Waals surface area contributed by atoms with Crippen LogP contribution in [0.15, 0.2) is 18.2 Å². The second kappa shape index (κ2) is 5.77. The molecule has 0 spiro atoms. The van der Waals surface area contributed by atoms with Crippen LogP contribution in [0.5, 0.6) is 11.5 Å². The maximum Gasteiger partial charge on any atom is 0.145 e. The SMILES string of the molecule is COc1ccc(NCCC(C)(C)N)c(OC)c1. The Balaban J connectivity index is 2.64. The first kappa shape index (κ1) is 13.6. The normalized spacial score (nSPS) is 11.1. The molecule has 0 fully saturated rings. The molecule has 4 nitrogen and oxygen atoms in total. The molecule has 17 heavy (non-hydrogen) atoms. The Morgan fingerprint density at radius 3 is 2.47 bits per heavy atom. The Morgan fingerprint density at radius 1 is 1.24 bits per heavy atom. The summed E-state index contributed by atoms with van der Waals surface area (Å²) in [6.45, 7) is 4.84. The number of nitrogens with two attached hydrogens (primary N) is 1. The predicted molar refractivity (Wildman–Crippen MR) is 70.9 cm³/mol. The van der Waals surface area contributed by atoms with Gasteiger partial charge in [-0.05, 0) is 32.4 Å². The van der Waals surface area contributed by atoms with E-state index < -0.39 is 0 Å². The lowest BCUT2D eigenvalue weighted by Crippen LogP contribution is -2.34. The van der Waals surface area contributed by atoms with Gasteiger partial charge in [0.2, 0.25) is 0 Å². The van der Waals surface area contributed by atoms with Gasteiger partial charge in [0, 0.05) is 18.2 Å². The van der Waals surface area contributed by atoms with Crippen molar-refractivity contribution in [2.45, 2.75) is 25.8 Å². The second-order valence-corrected chi connectivity index (χ2v) is 4.73. The third-order valence-corrected chi connectivity index (χ3v) is 2.49. The minimum atomic E-state index is -0.160.